The van der Waals surface area contributed by atoms with Gasteiger partial charge in [0.2, 0.25) is 0 Å². The Kier molecular flexibility index (Phi) is 5.64. The first-order chi connectivity index (χ1) is 11.8. The molecule has 0 aliphatic rings. The Morgan fingerprint density at radius 2 is 1.79 bits per heavy atom. The Hall–Kier alpha value is -2.59. The van der Waals surface area contributed by atoms with Gasteiger partial charge in [0.25, 0.3) is 0 Å². The summed E-state index contributed by atoms with van der Waals surface area (Å²) in [4.78, 5) is 4.31. The summed E-state index contributed by atoms with van der Waals surface area (Å²) in [6.45, 7) is 1.86. The van der Waals surface area contributed by atoms with Crippen molar-refractivity contribution in [1.29, 1.82) is 0 Å². The van der Waals surface area contributed by atoms with Crippen molar-refractivity contribution in [3.8, 4) is 11.5 Å². The average Bonchev–Trinajstić information content (AvgIpc) is 2.64. The van der Waals surface area contributed by atoms with Gasteiger partial charge in [0.05, 0.1) is 12.1 Å². The molecular formula is C20H21NO3. The van der Waals surface area contributed by atoms with E-state index in [2.05, 4.69) is 4.98 Å². The molecule has 1 heterocycles. The molecular weight excluding hydrogens is 302 g/mol. The maximum absolute atomic E-state index is 5.89. The molecule has 124 valence electrons. The number of methoxy groups -OCH3 is 1. The zero-order valence-electron chi connectivity index (χ0n) is 13.8. The molecule has 0 unspecified atom stereocenters. The summed E-state index contributed by atoms with van der Waals surface area (Å²) < 4.78 is 16.6. The van der Waals surface area contributed by atoms with E-state index in [1.165, 1.54) is 0 Å². The Morgan fingerprint density at radius 1 is 0.875 bits per heavy atom. The summed E-state index contributed by atoms with van der Waals surface area (Å²) in [6, 6.07) is 17.9. The van der Waals surface area contributed by atoms with E-state index >= 15 is 0 Å². The standard InChI is InChI=1S/C20H21NO3/c1-22-11-4-12-23-18-7-2-5-16(13-18)15-24-19-8-9-20-17(14-19)6-3-10-21-20/h2-3,5-10,13-14H,4,11-12,15H2,1H3. The lowest BCUT2D eigenvalue weighted by atomic mass is 10.2. The summed E-state index contributed by atoms with van der Waals surface area (Å²) in [6.07, 6.45) is 2.67. The lowest BCUT2D eigenvalue weighted by molar-refractivity contribution is 0.172. The number of rotatable bonds is 8. The van der Waals surface area contributed by atoms with E-state index in [0.29, 0.717) is 19.8 Å². The predicted molar refractivity (Wildman–Crippen MR) is 94.5 cm³/mol. The van der Waals surface area contributed by atoms with E-state index in [9.17, 15) is 0 Å². The van der Waals surface area contributed by atoms with Crippen molar-refractivity contribution >= 4 is 10.9 Å². The van der Waals surface area contributed by atoms with E-state index in [0.717, 1.165) is 34.4 Å². The van der Waals surface area contributed by atoms with Crippen LogP contribution in [-0.4, -0.2) is 25.3 Å². The third kappa shape index (κ3) is 4.46. The minimum Gasteiger partial charge on any atom is -0.493 e. The lowest BCUT2D eigenvalue weighted by Crippen LogP contribution is -2.02. The van der Waals surface area contributed by atoms with Gasteiger partial charge in [-0.15, -0.1) is 0 Å². The van der Waals surface area contributed by atoms with Crippen molar-refractivity contribution < 1.29 is 14.2 Å². The second-order valence-electron chi connectivity index (χ2n) is 5.49. The SMILES string of the molecule is COCCCOc1cccc(COc2ccc3ncccc3c2)c1. The van der Waals surface area contributed by atoms with E-state index in [-0.39, 0.29) is 0 Å². The summed E-state index contributed by atoms with van der Waals surface area (Å²) in [5.41, 5.74) is 2.04. The minimum absolute atomic E-state index is 0.501. The number of pyridine rings is 1. The van der Waals surface area contributed by atoms with Crippen molar-refractivity contribution in [1.82, 2.24) is 4.98 Å². The van der Waals surface area contributed by atoms with Crippen molar-refractivity contribution in [3.05, 3.63) is 66.4 Å². The zero-order chi connectivity index (χ0) is 16.6. The highest BCUT2D eigenvalue weighted by molar-refractivity contribution is 5.79. The molecule has 0 N–H and O–H groups in total. The number of hydrogen-bond donors (Lipinski definition) is 0. The van der Waals surface area contributed by atoms with Crippen LogP contribution in [0.3, 0.4) is 0 Å². The van der Waals surface area contributed by atoms with Gasteiger partial charge >= 0.3 is 0 Å². The molecule has 0 fully saturated rings. The van der Waals surface area contributed by atoms with Crippen LogP contribution in [0.2, 0.25) is 0 Å². The summed E-state index contributed by atoms with van der Waals surface area (Å²) >= 11 is 0. The molecule has 0 spiro atoms. The first-order valence-corrected chi connectivity index (χ1v) is 8.03. The van der Waals surface area contributed by atoms with Crippen LogP contribution in [-0.2, 0) is 11.3 Å². The fourth-order valence-electron chi connectivity index (χ4n) is 2.43. The number of fused-ring (bicyclic) bond motifs is 1. The fraction of sp³-hybridized carbons (Fsp3) is 0.250. The van der Waals surface area contributed by atoms with Crippen molar-refractivity contribution in [2.45, 2.75) is 13.0 Å². The fourth-order valence-corrected chi connectivity index (χ4v) is 2.43. The average molecular weight is 323 g/mol. The normalized spacial score (nSPS) is 10.7. The molecule has 24 heavy (non-hydrogen) atoms. The molecule has 1 aromatic heterocycles. The molecule has 0 bridgehead atoms. The molecule has 0 aliphatic carbocycles. The quantitative estimate of drug-likeness (QED) is 0.582. The maximum atomic E-state index is 5.89. The van der Waals surface area contributed by atoms with Crippen LogP contribution in [0.4, 0.5) is 0 Å². The van der Waals surface area contributed by atoms with E-state index in [4.69, 9.17) is 14.2 Å². The number of ether oxygens (including phenoxy) is 3. The third-order valence-electron chi connectivity index (χ3n) is 3.64. The van der Waals surface area contributed by atoms with Gasteiger partial charge in [-0.25, -0.2) is 0 Å². The van der Waals surface area contributed by atoms with Crippen LogP contribution < -0.4 is 9.47 Å². The van der Waals surface area contributed by atoms with Crippen molar-refractivity contribution in [2.24, 2.45) is 0 Å². The number of benzene rings is 2. The highest BCUT2D eigenvalue weighted by atomic mass is 16.5. The van der Waals surface area contributed by atoms with Crippen LogP contribution in [0.15, 0.2) is 60.8 Å². The van der Waals surface area contributed by atoms with Gasteiger partial charge in [0.1, 0.15) is 18.1 Å². The van der Waals surface area contributed by atoms with Crippen molar-refractivity contribution in [2.75, 3.05) is 20.3 Å². The van der Waals surface area contributed by atoms with Gasteiger partial charge in [-0.1, -0.05) is 18.2 Å². The van der Waals surface area contributed by atoms with Gasteiger partial charge in [0.15, 0.2) is 0 Å². The van der Waals surface area contributed by atoms with E-state index < -0.39 is 0 Å². The first-order valence-electron chi connectivity index (χ1n) is 8.03. The lowest BCUT2D eigenvalue weighted by Gasteiger charge is -2.10. The molecule has 0 amide bonds. The van der Waals surface area contributed by atoms with E-state index in [1.54, 1.807) is 13.3 Å². The molecule has 0 aliphatic heterocycles. The Balaban J connectivity index is 1.59. The predicted octanol–water partition coefficient (Wildman–Crippen LogP) is 4.23. The highest BCUT2D eigenvalue weighted by Crippen LogP contribution is 2.21. The second-order valence-corrected chi connectivity index (χ2v) is 5.49. The molecule has 4 heteroatoms. The van der Waals surface area contributed by atoms with Crippen molar-refractivity contribution in [3.63, 3.8) is 0 Å². The topological polar surface area (TPSA) is 40.6 Å². The molecule has 3 aromatic rings. The summed E-state index contributed by atoms with van der Waals surface area (Å²) in [7, 11) is 1.70. The smallest absolute Gasteiger partial charge is 0.120 e. The Bertz CT molecular complexity index is 788. The van der Waals surface area contributed by atoms with Gasteiger partial charge < -0.3 is 14.2 Å². The summed E-state index contributed by atoms with van der Waals surface area (Å²) in [5.74, 6) is 1.69. The number of hydrogen-bond acceptors (Lipinski definition) is 4. The number of aromatic nitrogens is 1. The number of nitrogens with zero attached hydrogens (tertiary/aromatic N) is 1. The Morgan fingerprint density at radius 3 is 2.71 bits per heavy atom. The van der Waals surface area contributed by atoms with Gasteiger partial charge in [-0.2, -0.15) is 0 Å². The van der Waals surface area contributed by atoms with Gasteiger partial charge in [-0.05, 0) is 42.0 Å². The molecule has 3 rings (SSSR count). The zero-order valence-corrected chi connectivity index (χ0v) is 13.8. The largest absolute Gasteiger partial charge is 0.493 e. The first kappa shape index (κ1) is 16.3. The second kappa shape index (κ2) is 8.31. The molecule has 2 aromatic carbocycles. The van der Waals surface area contributed by atoms with Gasteiger partial charge in [-0.3, -0.25) is 4.98 Å². The van der Waals surface area contributed by atoms with Crippen LogP contribution in [0.5, 0.6) is 11.5 Å². The van der Waals surface area contributed by atoms with Crippen LogP contribution in [0, 0.1) is 0 Å². The molecule has 4 nitrogen and oxygen atoms in total. The van der Waals surface area contributed by atoms with Crippen LogP contribution >= 0.6 is 0 Å². The third-order valence-corrected chi connectivity index (χ3v) is 3.64. The monoisotopic (exact) mass is 323 g/mol. The van der Waals surface area contributed by atoms with Crippen LogP contribution in [0.1, 0.15) is 12.0 Å². The molecule has 0 atom stereocenters. The van der Waals surface area contributed by atoms with E-state index in [1.807, 2.05) is 54.6 Å². The molecule has 0 saturated carbocycles. The molecule has 0 radical (unpaired) electrons. The van der Waals surface area contributed by atoms with Gasteiger partial charge in [0, 0.05) is 31.7 Å². The summed E-state index contributed by atoms with van der Waals surface area (Å²) in [5, 5.41) is 1.07. The molecule has 0 saturated heterocycles. The van der Waals surface area contributed by atoms with Crippen LogP contribution in [0.25, 0.3) is 10.9 Å². The maximum Gasteiger partial charge on any atom is 0.120 e. The Labute approximate surface area is 142 Å². The highest BCUT2D eigenvalue weighted by Gasteiger charge is 2.01. The minimum atomic E-state index is 0.501.